The van der Waals surface area contributed by atoms with Crippen LogP contribution in [-0.4, -0.2) is 80.7 Å². The van der Waals surface area contributed by atoms with Crippen molar-refractivity contribution in [3.05, 3.63) is 90.8 Å². The van der Waals surface area contributed by atoms with Gasteiger partial charge in [0.15, 0.2) is 9.84 Å². The largest absolute Gasteiger partial charge is 0.507 e. The topological polar surface area (TPSA) is 389 Å². The van der Waals surface area contributed by atoms with Crippen LogP contribution in [0, 0.1) is 0 Å². The van der Waals surface area contributed by atoms with Crippen LogP contribution in [-0.2, 0) is 52.5 Å². The number of sulfone groups is 1. The molecule has 0 aliphatic rings. The molecule has 0 saturated heterocycles. The first-order chi connectivity index (χ1) is 31.1. The average molecular weight is 999 g/mol. The molecule has 0 aliphatic heterocycles. The van der Waals surface area contributed by atoms with E-state index in [0.29, 0.717) is 41.5 Å². The SMILES string of the molecule is Nc1c(SOOO)cc2cc(SOOO)cc(O)c2c1N=Nc1ccc(Nc2nc(Nc3cccc(S(=O)(=O)CCOS(=O)(=O)O)c3)nc(-[n+]3cccc(C(=O)O)c3)n2)cc1SOOO. The number of pyridine rings is 1. The lowest BCUT2D eigenvalue weighted by molar-refractivity contribution is -0.603. The van der Waals surface area contributed by atoms with Crippen molar-refractivity contribution in [1.82, 2.24) is 15.0 Å². The highest BCUT2D eigenvalue weighted by molar-refractivity contribution is 7.95. The maximum atomic E-state index is 12.9. The number of nitrogens with one attached hydrogen (secondary N) is 2. The highest BCUT2D eigenvalue weighted by atomic mass is 32.3. The molecule has 0 atom stereocenters. The Bertz CT molecular complexity index is 2970. The van der Waals surface area contributed by atoms with Crippen LogP contribution in [0.3, 0.4) is 0 Å². The number of phenols is 1. The van der Waals surface area contributed by atoms with Crippen molar-refractivity contribution >= 4 is 113 Å². The smallest absolute Gasteiger partial charge is 0.444 e. The molecule has 0 radical (unpaired) electrons. The molecule has 0 aliphatic carbocycles. The summed E-state index contributed by atoms with van der Waals surface area (Å²) in [4.78, 5) is 25.2. The number of nitrogens with zero attached hydrogens (tertiary/aromatic N) is 6. The van der Waals surface area contributed by atoms with Crippen molar-refractivity contribution in [2.24, 2.45) is 10.2 Å². The highest BCUT2D eigenvalue weighted by Crippen LogP contribution is 2.46. The molecule has 0 saturated carbocycles. The van der Waals surface area contributed by atoms with E-state index in [1.165, 1.54) is 89.8 Å². The summed E-state index contributed by atoms with van der Waals surface area (Å²) in [6.07, 6.45) is 2.68. The minimum absolute atomic E-state index is 0.0671. The molecule has 4 aromatic carbocycles. The van der Waals surface area contributed by atoms with Crippen molar-refractivity contribution < 1.29 is 89.0 Å². The summed E-state index contributed by atoms with van der Waals surface area (Å²) in [5.74, 6) is -2.87. The van der Waals surface area contributed by atoms with Crippen molar-refractivity contribution in [1.29, 1.82) is 0 Å². The molecule has 0 unspecified atom stereocenters. The zero-order chi connectivity index (χ0) is 46.7. The average Bonchev–Trinajstić information content (AvgIpc) is 3.26. The molecule has 6 aromatic rings. The Morgan fingerprint density at radius 2 is 1.48 bits per heavy atom. The summed E-state index contributed by atoms with van der Waals surface area (Å²) in [5.41, 5.74) is 6.51. The first-order valence-corrected chi connectivity index (χ1v) is 22.4. The van der Waals surface area contributed by atoms with Gasteiger partial charge in [0.05, 0.1) is 92.2 Å². The van der Waals surface area contributed by atoms with Crippen LogP contribution in [0.25, 0.3) is 16.7 Å². The van der Waals surface area contributed by atoms with Crippen molar-refractivity contribution in [2.45, 2.75) is 19.6 Å². The maximum absolute atomic E-state index is 12.9. The van der Waals surface area contributed by atoms with Crippen LogP contribution in [0.2, 0.25) is 0 Å². The number of aromatic hydroxyl groups is 1. The number of hydrogen-bond donors (Lipinski definition) is 9. The van der Waals surface area contributed by atoms with Crippen LogP contribution in [0.15, 0.2) is 115 Å². The van der Waals surface area contributed by atoms with Crippen LogP contribution >= 0.6 is 36.1 Å². The zero-order valence-corrected chi connectivity index (χ0v) is 36.0. The number of carboxylic acids is 1. The van der Waals surface area contributed by atoms with E-state index in [1.807, 2.05) is 0 Å². The number of carboxylic acid groups (broad SMARTS) is 1. The van der Waals surface area contributed by atoms with Crippen LogP contribution < -0.4 is 20.9 Å². The van der Waals surface area contributed by atoms with E-state index in [0.717, 1.165) is 0 Å². The zero-order valence-electron chi connectivity index (χ0n) is 31.9. The normalized spacial score (nSPS) is 11.9. The molecule has 27 nitrogen and oxygen atoms in total. The van der Waals surface area contributed by atoms with E-state index in [-0.39, 0.29) is 82.6 Å². The van der Waals surface area contributed by atoms with Crippen molar-refractivity contribution in [3.63, 3.8) is 0 Å². The minimum Gasteiger partial charge on any atom is -0.507 e. The van der Waals surface area contributed by atoms with Crippen LogP contribution in [0.1, 0.15) is 10.4 Å². The first kappa shape index (κ1) is 48.5. The maximum Gasteiger partial charge on any atom is 0.444 e. The van der Waals surface area contributed by atoms with Gasteiger partial charge in [-0.2, -0.15) is 8.42 Å². The molecule has 65 heavy (non-hydrogen) atoms. The van der Waals surface area contributed by atoms with Gasteiger partial charge in [0.2, 0.25) is 0 Å². The Hall–Kier alpha value is -5.92. The molecule has 342 valence electrons. The van der Waals surface area contributed by atoms with E-state index < -0.39 is 38.6 Å². The highest BCUT2D eigenvalue weighted by Gasteiger charge is 2.23. The Balaban J connectivity index is 1.36. The van der Waals surface area contributed by atoms with Gasteiger partial charge < -0.3 is 26.6 Å². The lowest BCUT2D eigenvalue weighted by atomic mass is 10.1. The van der Waals surface area contributed by atoms with E-state index in [1.54, 1.807) is 0 Å². The second-order valence-electron chi connectivity index (χ2n) is 12.2. The molecular weight excluding hydrogens is 971 g/mol. The molecule has 32 heteroatoms. The number of aromatic carboxylic acids is 1. The van der Waals surface area contributed by atoms with Crippen LogP contribution in [0.4, 0.5) is 40.3 Å². The van der Waals surface area contributed by atoms with Gasteiger partial charge >= 0.3 is 34.2 Å². The molecule has 0 amide bonds. The second-order valence-corrected chi connectivity index (χ2v) is 17.6. The number of nitrogen functional groups attached to an aromatic ring is 1. The number of rotatable bonds is 22. The number of benzene rings is 4. The number of phenolic OH excluding ortho intramolecular Hbond substituents is 1. The third-order valence-electron chi connectivity index (χ3n) is 8.04. The first-order valence-electron chi connectivity index (χ1n) is 17.2. The predicted molar refractivity (Wildman–Crippen MR) is 223 cm³/mol. The second kappa shape index (κ2) is 21.8. The fourth-order valence-corrected chi connectivity index (χ4v) is 8.31. The van der Waals surface area contributed by atoms with Gasteiger partial charge in [-0.3, -0.25) is 4.55 Å². The molecular formula is C33H28N9O18S5+. The number of hydrogen-bond acceptors (Lipinski definition) is 27. The molecule has 6 rings (SSSR count). The van der Waals surface area contributed by atoms with Crippen LogP contribution in [0.5, 0.6) is 5.75 Å². The lowest BCUT2D eigenvalue weighted by Crippen LogP contribution is -2.34. The van der Waals surface area contributed by atoms with Gasteiger partial charge in [-0.15, -0.1) is 28.2 Å². The number of anilines is 5. The number of fused-ring (bicyclic) bond motifs is 1. The Kier molecular flexibility index (Phi) is 16.3. The van der Waals surface area contributed by atoms with Gasteiger partial charge in [-0.25, -0.2) is 37.7 Å². The van der Waals surface area contributed by atoms with Crippen molar-refractivity contribution in [2.75, 3.05) is 28.7 Å². The minimum atomic E-state index is -4.89. The Labute approximate surface area is 376 Å². The van der Waals surface area contributed by atoms with E-state index in [2.05, 4.69) is 63.8 Å². The lowest BCUT2D eigenvalue weighted by Gasteiger charge is -2.12. The summed E-state index contributed by atoms with van der Waals surface area (Å²) in [5, 5.41) is 72.8. The third-order valence-corrected chi connectivity index (χ3v) is 12.0. The van der Waals surface area contributed by atoms with E-state index in [4.69, 9.17) is 30.4 Å². The Morgan fingerprint density at radius 3 is 2.15 bits per heavy atom. The predicted octanol–water partition coefficient (Wildman–Crippen LogP) is 6.07. The van der Waals surface area contributed by atoms with E-state index in [9.17, 15) is 31.8 Å². The number of nitrogens with two attached hydrogens (primary N) is 1. The van der Waals surface area contributed by atoms with Gasteiger partial charge in [-0.1, -0.05) is 21.2 Å². The molecule has 2 aromatic heterocycles. The third kappa shape index (κ3) is 13.1. The van der Waals surface area contributed by atoms with E-state index >= 15 is 0 Å². The summed E-state index contributed by atoms with van der Waals surface area (Å²) in [6.45, 7) is -0.858. The molecule has 2 heterocycles. The van der Waals surface area contributed by atoms with Gasteiger partial charge in [0, 0.05) is 16.3 Å². The molecule has 0 spiro atoms. The summed E-state index contributed by atoms with van der Waals surface area (Å²) < 4.78 is 75.6. The molecule has 0 bridgehead atoms. The molecule has 10 N–H and O–H groups in total. The summed E-state index contributed by atoms with van der Waals surface area (Å²) in [7, 11) is -9.02. The van der Waals surface area contributed by atoms with Crippen molar-refractivity contribution in [3.8, 4) is 11.7 Å². The fraction of sp³-hybridized carbons (Fsp3) is 0.0606. The Morgan fingerprint density at radius 1 is 0.800 bits per heavy atom. The summed E-state index contributed by atoms with van der Waals surface area (Å²) in [6, 6.07) is 16.6. The quantitative estimate of drug-likeness (QED) is 0.00708. The van der Waals surface area contributed by atoms with Gasteiger partial charge in [-0.05, 0) is 82.1 Å². The monoisotopic (exact) mass is 998 g/mol. The fourth-order valence-electron chi connectivity index (χ4n) is 5.40. The molecule has 0 fully saturated rings. The number of aromatic nitrogens is 4. The van der Waals surface area contributed by atoms with Gasteiger partial charge in [0.25, 0.3) is 0 Å². The number of carbonyl (C=O) groups is 1. The van der Waals surface area contributed by atoms with Gasteiger partial charge in [0.1, 0.15) is 17.1 Å². The standard InChI is InChI=1S/C33H27N9O18S5/c34-28-26(63-60-57-48)12-18-11-21(61-58-55-46)15-24(43)27(18)29(28)41-40-23-7-6-20(14-25(23)62-59-56-47)36-32-37-31(38-33(39-32)42-8-2-3-17(16-42)30(44)45)35-19-4-1-5-22(13-19)64(49,50)10-9-54-65(51,52)53/h1-8,11-16H,9-10,34H2,(H7-,35,36,37,38,39,43,44,45,46,47,48,51,52,53)/p+1. The summed E-state index contributed by atoms with van der Waals surface area (Å²) >= 11 is 1.52. The number of azo groups is 1.